The first-order chi connectivity index (χ1) is 15.5. The largest absolute Gasteiger partial charge is 0.371 e. The number of nitrogens with zero attached hydrogens (tertiary/aromatic N) is 2. The van der Waals surface area contributed by atoms with E-state index in [-0.39, 0.29) is 18.0 Å². The van der Waals surface area contributed by atoms with Gasteiger partial charge in [-0.15, -0.1) is 0 Å². The zero-order valence-electron chi connectivity index (χ0n) is 18.5. The van der Waals surface area contributed by atoms with Crippen molar-refractivity contribution in [1.29, 1.82) is 0 Å². The minimum absolute atomic E-state index is 0.00623. The van der Waals surface area contributed by atoms with Crippen molar-refractivity contribution in [3.8, 4) is 0 Å². The van der Waals surface area contributed by atoms with Gasteiger partial charge in [-0.05, 0) is 63.4 Å². The summed E-state index contributed by atoms with van der Waals surface area (Å²) in [5, 5.41) is 10.5. The van der Waals surface area contributed by atoms with Gasteiger partial charge in [-0.25, -0.2) is 4.79 Å². The van der Waals surface area contributed by atoms with E-state index in [1.54, 1.807) is 36.7 Å². The summed E-state index contributed by atoms with van der Waals surface area (Å²) < 4.78 is 0. The number of fused-ring (bicyclic) bond motifs is 1. The summed E-state index contributed by atoms with van der Waals surface area (Å²) in [6.07, 6.45) is 7.23. The highest BCUT2D eigenvalue weighted by molar-refractivity contribution is 6.14. The summed E-state index contributed by atoms with van der Waals surface area (Å²) in [7, 11) is 0. The standard InChI is InChI=1S/C25H29N5O2/c1-17(2)27-25(32)29-21-9-5-4-8-19(21)24(31)28-22-10-11-23(30-14-6-3-7-15-30)18-12-13-26-16-20(18)22/h4-5,8-13,16-17H,3,6-7,14-15H2,1-2H3,(H,28,31)(H2,27,29,32). The molecule has 0 radical (unpaired) electrons. The predicted molar refractivity (Wildman–Crippen MR) is 129 cm³/mol. The number of nitrogens with one attached hydrogen (secondary N) is 3. The van der Waals surface area contributed by atoms with Crippen molar-refractivity contribution in [2.45, 2.75) is 39.2 Å². The molecule has 1 fully saturated rings. The summed E-state index contributed by atoms with van der Waals surface area (Å²) >= 11 is 0. The van der Waals surface area contributed by atoms with E-state index >= 15 is 0 Å². The molecular formula is C25H29N5O2. The monoisotopic (exact) mass is 431 g/mol. The molecule has 7 heteroatoms. The van der Waals surface area contributed by atoms with Gasteiger partial charge in [0.2, 0.25) is 0 Å². The lowest BCUT2D eigenvalue weighted by molar-refractivity contribution is 0.102. The second kappa shape index (κ2) is 9.68. The Bertz CT molecular complexity index is 1120. The molecule has 7 nitrogen and oxygen atoms in total. The second-order valence-electron chi connectivity index (χ2n) is 8.35. The van der Waals surface area contributed by atoms with Crippen LogP contribution in [0.15, 0.2) is 54.9 Å². The van der Waals surface area contributed by atoms with Crippen LogP contribution in [0.3, 0.4) is 0 Å². The first kappa shape index (κ1) is 21.6. The van der Waals surface area contributed by atoms with Crippen LogP contribution in [0.25, 0.3) is 10.8 Å². The Labute approximate surface area is 188 Å². The Hall–Kier alpha value is -3.61. The number of piperidine rings is 1. The van der Waals surface area contributed by atoms with Gasteiger partial charge in [0.1, 0.15) is 0 Å². The van der Waals surface area contributed by atoms with Crippen LogP contribution in [0.1, 0.15) is 43.5 Å². The normalized spacial score (nSPS) is 13.8. The van der Waals surface area contributed by atoms with Crippen molar-refractivity contribution in [1.82, 2.24) is 10.3 Å². The maximum absolute atomic E-state index is 13.2. The number of amides is 3. The molecule has 1 aliphatic heterocycles. The fraction of sp³-hybridized carbons (Fsp3) is 0.320. The molecule has 1 aliphatic rings. The topological polar surface area (TPSA) is 86.4 Å². The van der Waals surface area contributed by atoms with Gasteiger partial charge in [0.05, 0.1) is 16.9 Å². The van der Waals surface area contributed by atoms with Gasteiger partial charge in [-0.2, -0.15) is 0 Å². The minimum Gasteiger partial charge on any atom is -0.371 e. The summed E-state index contributed by atoms with van der Waals surface area (Å²) in [5.41, 5.74) is 2.71. The van der Waals surface area contributed by atoms with Crippen molar-refractivity contribution in [3.05, 3.63) is 60.4 Å². The van der Waals surface area contributed by atoms with Crippen LogP contribution < -0.4 is 20.9 Å². The quantitative estimate of drug-likeness (QED) is 0.530. The lowest BCUT2D eigenvalue weighted by Gasteiger charge is -2.30. The van der Waals surface area contributed by atoms with Crippen LogP contribution in [0, 0.1) is 0 Å². The molecule has 1 saturated heterocycles. The molecule has 0 bridgehead atoms. The van der Waals surface area contributed by atoms with E-state index in [0.717, 1.165) is 23.9 Å². The Balaban J connectivity index is 1.61. The summed E-state index contributed by atoms with van der Waals surface area (Å²) in [6.45, 7) is 5.84. The summed E-state index contributed by atoms with van der Waals surface area (Å²) in [6, 6.07) is 12.6. The number of para-hydroxylation sites is 1. The van der Waals surface area contributed by atoms with Crippen LogP contribution in [0.2, 0.25) is 0 Å². The fourth-order valence-corrected chi connectivity index (χ4v) is 4.09. The van der Waals surface area contributed by atoms with Gasteiger partial charge >= 0.3 is 6.03 Å². The van der Waals surface area contributed by atoms with Crippen LogP contribution in [0.5, 0.6) is 0 Å². The third-order valence-electron chi connectivity index (χ3n) is 5.58. The molecule has 32 heavy (non-hydrogen) atoms. The van der Waals surface area contributed by atoms with Crippen LogP contribution in [0.4, 0.5) is 21.9 Å². The minimum atomic E-state index is -0.346. The highest BCUT2D eigenvalue weighted by atomic mass is 16.2. The number of hydrogen-bond donors (Lipinski definition) is 3. The highest BCUT2D eigenvalue weighted by Gasteiger charge is 2.18. The number of carbonyl (C=O) groups is 2. The van der Waals surface area contributed by atoms with E-state index in [1.165, 1.54) is 24.9 Å². The van der Waals surface area contributed by atoms with Gasteiger partial charge in [-0.3, -0.25) is 9.78 Å². The molecule has 166 valence electrons. The number of anilines is 3. The number of aromatic nitrogens is 1. The molecule has 0 unspecified atom stereocenters. The maximum atomic E-state index is 13.2. The third kappa shape index (κ3) is 4.82. The van der Waals surface area contributed by atoms with Crippen molar-refractivity contribution >= 4 is 39.8 Å². The van der Waals surface area contributed by atoms with Crippen LogP contribution >= 0.6 is 0 Å². The molecule has 3 amide bonds. The Morgan fingerprint density at radius 1 is 0.906 bits per heavy atom. The number of carbonyl (C=O) groups excluding carboxylic acids is 2. The smallest absolute Gasteiger partial charge is 0.319 e. The average molecular weight is 432 g/mol. The van der Waals surface area contributed by atoms with Crippen molar-refractivity contribution < 1.29 is 9.59 Å². The number of urea groups is 1. The number of pyridine rings is 1. The molecule has 0 aliphatic carbocycles. The van der Waals surface area contributed by atoms with Crippen molar-refractivity contribution in [2.24, 2.45) is 0 Å². The van der Waals surface area contributed by atoms with Gasteiger partial charge < -0.3 is 20.9 Å². The Morgan fingerprint density at radius 2 is 1.69 bits per heavy atom. The maximum Gasteiger partial charge on any atom is 0.319 e. The molecule has 0 atom stereocenters. The molecule has 3 N–H and O–H groups in total. The zero-order chi connectivity index (χ0) is 22.5. The molecule has 0 spiro atoms. The SMILES string of the molecule is CC(C)NC(=O)Nc1ccccc1C(=O)Nc1ccc(N2CCCCC2)c2ccncc12. The lowest BCUT2D eigenvalue weighted by atomic mass is 10.0. The molecule has 3 aromatic rings. The number of benzene rings is 2. The van der Waals surface area contributed by atoms with E-state index in [0.29, 0.717) is 16.9 Å². The molecule has 0 saturated carbocycles. The highest BCUT2D eigenvalue weighted by Crippen LogP contribution is 2.33. The van der Waals surface area contributed by atoms with E-state index < -0.39 is 0 Å². The third-order valence-corrected chi connectivity index (χ3v) is 5.58. The van der Waals surface area contributed by atoms with Gasteiger partial charge in [0, 0.05) is 48.0 Å². The predicted octanol–water partition coefficient (Wildman–Crippen LogP) is 5.01. The van der Waals surface area contributed by atoms with Crippen molar-refractivity contribution in [2.75, 3.05) is 28.6 Å². The average Bonchev–Trinajstić information content (AvgIpc) is 2.79. The van der Waals surface area contributed by atoms with E-state index in [9.17, 15) is 9.59 Å². The molecule has 1 aromatic heterocycles. The first-order valence-corrected chi connectivity index (χ1v) is 11.1. The second-order valence-corrected chi connectivity index (χ2v) is 8.35. The van der Waals surface area contributed by atoms with Gasteiger partial charge in [0.15, 0.2) is 0 Å². The fourth-order valence-electron chi connectivity index (χ4n) is 4.09. The van der Waals surface area contributed by atoms with E-state index in [2.05, 4.69) is 31.9 Å². The summed E-state index contributed by atoms with van der Waals surface area (Å²) in [4.78, 5) is 32.0. The number of hydrogen-bond acceptors (Lipinski definition) is 4. The van der Waals surface area contributed by atoms with E-state index in [4.69, 9.17) is 0 Å². The van der Waals surface area contributed by atoms with Crippen LogP contribution in [-0.2, 0) is 0 Å². The van der Waals surface area contributed by atoms with E-state index in [1.807, 2.05) is 26.0 Å². The molecule has 4 rings (SSSR count). The van der Waals surface area contributed by atoms with Crippen LogP contribution in [-0.4, -0.2) is 36.1 Å². The zero-order valence-corrected chi connectivity index (χ0v) is 18.5. The first-order valence-electron chi connectivity index (χ1n) is 11.1. The molecule has 2 heterocycles. The Kier molecular flexibility index (Phi) is 6.54. The van der Waals surface area contributed by atoms with Gasteiger partial charge in [0.25, 0.3) is 5.91 Å². The summed E-state index contributed by atoms with van der Waals surface area (Å²) in [5.74, 6) is -0.290. The molecular weight excluding hydrogens is 402 g/mol. The van der Waals surface area contributed by atoms with Crippen molar-refractivity contribution in [3.63, 3.8) is 0 Å². The number of rotatable bonds is 5. The molecule has 2 aromatic carbocycles. The van der Waals surface area contributed by atoms with Gasteiger partial charge in [-0.1, -0.05) is 12.1 Å². The Morgan fingerprint density at radius 3 is 2.47 bits per heavy atom. The lowest BCUT2D eigenvalue weighted by Crippen LogP contribution is -2.34.